The molecule has 0 spiro atoms. The van der Waals surface area contributed by atoms with E-state index >= 15 is 0 Å². The number of nitrogens with one attached hydrogen (secondary N) is 2. The van der Waals surface area contributed by atoms with Crippen LogP contribution in [0, 0.1) is 41.4 Å². The van der Waals surface area contributed by atoms with Crippen molar-refractivity contribution in [3.05, 3.63) is 11.6 Å². The van der Waals surface area contributed by atoms with Gasteiger partial charge in [-0.15, -0.1) is 0 Å². The SMILES string of the molecule is O=C1NC2/C(=C\C3CCC(OCC4CCC(SSC5CCC(COC6CCC(CC7CCN8C9CCCCC9C(=O)NC78)CC6)CC5)CC4)CC3)CCN2C2CCCCC12. The molecule has 0 aromatic heterocycles. The van der Waals surface area contributed by atoms with Crippen LogP contribution >= 0.6 is 21.6 Å². The van der Waals surface area contributed by atoms with E-state index in [1.807, 2.05) is 0 Å². The zero-order valence-electron chi connectivity index (χ0n) is 37.0. The van der Waals surface area contributed by atoms with Crippen molar-refractivity contribution in [2.24, 2.45) is 41.4 Å². The van der Waals surface area contributed by atoms with Gasteiger partial charge in [-0.05, 0) is 183 Å². The molecular formula is C50H80N4O4S2. The van der Waals surface area contributed by atoms with Crippen LogP contribution in [0.5, 0.6) is 0 Å². The molecule has 10 fully saturated rings. The Morgan fingerprint density at radius 1 is 0.550 bits per heavy atom. The lowest BCUT2D eigenvalue weighted by Crippen LogP contribution is -2.62. The van der Waals surface area contributed by atoms with E-state index in [9.17, 15) is 9.59 Å². The van der Waals surface area contributed by atoms with Gasteiger partial charge in [0.1, 0.15) is 6.17 Å². The molecule has 4 aliphatic heterocycles. The standard InChI is InChI=1S/C50H80N4O4S2/c55-49-43-5-1-3-7-45(43)53-27-25-37(47(53)51-49)29-33-9-17-39(18-10-33)57-31-35-13-21-41(22-14-35)59-60-42-23-15-36(16-24-42)32-58-40-19-11-34(12-20-40)30-38-26-28-54-46-8-4-2-6-44(46)50(56)52-48(38)54/h29,33-36,38-48H,1-28,30-32H2,(H,51,55)(H,52,56)/b37-29-. The van der Waals surface area contributed by atoms with E-state index in [2.05, 4.69) is 48.1 Å². The Hall–Kier alpha value is -0.780. The quantitative estimate of drug-likeness (QED) is 0.148. The zero-order chi connectivity index (χ0) is 40.4. The lowest BCUT2D eigenvalue weighted by molar-refractivity contribution is -0.138. The Morgan fingerprint density at radius 2 is 1.08 bits per heavy atom. The highest BCUT2D eigenvalue weighted by Gasteiger charge is 2.49. The average molecular weight is 865 g/mol. The van der Waals surface area contributed by atoms with E-state index in [0.717, 1.165) is 67.3 Å². The van der Waals surface area contributed by atoms with Crippen LogP contribution in [-0.2, 0) is 19.1 Å². The van der Waals surface area contributed by atoms with Gasteiger partial charge >= 0.3 is 0 Å². The van der Waals surface area contributed by atoms with Crippen molar-refractivity contribution >= 4 is 33.4 Å². The van der Waals surface area contributed by atoms with Crippen molar-refractivity contribution in [2.45, 2.75) is 220 Å². The van der Waals surface area contributed by atoms with Crippen LogP contribution in [0.4, 0.5) is 0 Å². The maximum Gasteiger partial charge on any atom is 0.226 e. The van der Waals surface area contributed by atoms with Gasteiger partial charge in [0, 0.05) is 48.9 Å². The molecule has 7 unspecified atom stereocenters. The Labute approximate surface area is 371 Å². The van der Waals surface area contributed by atoms with Crippen LogP contribution < -0.4 is 10.6 Å². The summed E-state index contributed by atoms with van der Waals surface area (Å²) in [4.78, 5) is 31.2. The summed E-state index contributed by atoms with van der Waals surface area (Å²) >= 11 is 0. The van der Waals surface area contributed by atoms with Crippen molar-refractivity contribution in [1.82, 2.24) is 20.4 Å². The fraction of sp³-hybridized carbons (Fsp3) is 0.920. The van der Waals surface area contributed by atoms with E-state index in [0.29, 0.717) is 54.1 Å². The molecule has 6 aliphatic carbocycles. The summed E-state index contributed by atoms with van der Waals surface area (Å²) in [5, 5.41) is 8.57. The van der Waals surface area contributed by atoms with Crippen molar-refractivity contribution in [1.29, 1.82) is 0 Å². The Balaban J connectivity index is 0.555. The van der Waals surface area contributed by atoms with Crippen molar-refractivity contribution < 1.29 is 19.1 Å². The van der Waals surface area contributed by atoms with Crippen LogP contribution in [0.25, 0.3) is 0 Å². The molecule has 8 nitrogen and oxygen atoms in total. The van der Waals surface area contributed by atoms with Crippen molar-refractivity contribution in [3.8, 4) is 0 Å². The third-order valence-electron chi connectivity index (χ3n) is 18.1. The number of hydrogen-bond acceptors (Lipinski definition) is 8. The Morgan fingerprint density at radius 3 is 1.70 bits per heavy atom. The molecule has 0 aromatic rings. The summed E-state index contributed by atoms with van der Waals surface area (Å²) in [6.07, 6.45) is 38.1. The molecule has 0 bridgehead atoms. The van der Waals surface area contributed by atoms with Crippen LogP contribution in [0.3, 0.4) is 0 Å². The molecule has 0 radical (unpaired) electrons. The molecule has 2 N–H and O–H groups in total. The van der Waals surface area contributed by atoms with E-state index in [-0.39, 0.29) is 18.0 Å². The fourth-order valence-corrected chi connectivity index (χ4v) is 17.8. The molecule has 6 saturated carbocycles. The van der Waals surface area contributed by atoms with E-state index < -0.39 is 0 Å². The minimum Gasteiger partial charge on any atom is -0.378 e. The minimum absolute atomic E-state index is 0.174. The number of carbonyl (C=O) groups excluding carboxylic acids is 2. The van der Waals surface area contributed by atoms with Gasteiger partial charge in [-0.3, -0.25) is 19.4 Å². The summed E-state index contributed by atoms with van der Waals surface area (Å²) in [6.45, 7) is 4.28. The summed E-state index contributed by atoms with van der Waals surface area (Å²) in [5.41, 5.74) is 1.49. The van der Waals surface area contributed by atoms with Gasteiger partial charge in [0.25, 0.3) is 0 Å². The number of hydrogen-bond donors (Lipinski definition) is 2. The second-order valence-corrected chi connectivity index (χ2v) is 24.7. The minimum atomic E-state index is 0.174. The van der Waals surface area contributed by atoms with Crippen molar-refractivity contribution in [2.75, 3.05) is 26.3 Å². The van der Waals surface area contributed by atoms with Crippen LogP contribution in [0.15, 0.2) is 11.6 Å². The van der Waals surface area contributed by atoms with Gasteiger partial charge in [0.15, 0.2) is 0 Å². The van der Waals surface area contributed by atoms with Crippen molar-refractivity contribution in [3.63, 3.8) is 0 Å². The maximum absolute atomic E-state index is 12.9. The molecule has 4 heterocycles. The lowest BCUT2D eigenvalue weighted by Gasteiger charge is -2.46. The number of rotatable bonds is 12. The molecule has 0 aromatic carbocycles. The number of allylic oxidation sites excluding steroid dienone is 1. The van der Waals surface area contributed by atoms with Gasteiger partial charge in [0.05, 0.1) is 30.2 Å². The number of carbonyl (C=O) groups is 2. The first-order valence-corrected chi connectivity index (χ1v) is 28.2. The molecule has 4 saturated heterocycles. The summed E-state index contributed by atoms with van der Waals surface area (Å²) in [6, 6.07) is 0.997. The summed E-state index contributed by atoms with van der Waals surface area (Å²) in [7, 11) is 4.45. The van der Waals surface area contributed by atoms with Crippen LogP contribution in [-0.4, -0.2) is 95.0 Å². The largest absolute Gasteiger partial charge is 0.378 e. The molecule has 10 aliphatic rings. The van der Waals surface area contributed by atoms with E-state index in [1.165, 1.54) is 166 Å². The zero-order valence-corrected chi connectivity index (χ0v) is 38.6. The molecule has 10 rings (SSSR count). The summed E-state index contributed by atoms with van der Waals surface area (Å²) in [5.74, 6) is 4.79. The lowest BCUT2D eigenvalue weighted by atomic mass is 9.78. The highest BCUT2D eigenvalue weighted by molar-refractivity contribution is 8.77. The molecule has 60 heavy (non-hydrogen) atoms. The highest BCUT2D eigenvalue weighted by atomic mass is 33.1. The van der Waals surface area contributed by atoms with Gasteiger partial charge < -0.3 is 20.1 Å². The van der Waals surface area contributed by atoms with E-state index in [1.54, 1.807) is 0 Å². The van der Waals surface area contributed by atoms with Gasteiger partial charge in [-0.2, -0.15) is 0 Å². The number of amides is 2. The maximum atomic E-state index is 12.9. The average Bonchev–Trinajstić information content (AvgIpc) is 3.89. The fourth-order valence-electron chi connectivity index (χ4n) is 14.4. The van der Waals surface area contributed by atoms with Gasteiger partial charge in [0.2, 0.25) is 11.8 Å². The number of fused-ring (bicyclic) bond motifs is 6. The monoisotopic (exact) mass is 865 g/mol. The predicted octanol–water partition coefficient (Wildman–Crippen LogP) is 10.0. The number of nitrogens with zero attached hydrogens (tertiary/aromatic N) is 2. The number of ether oxygens (including phenoxy) is 2. The topological polar surface area (TPSA) is 83.1 Å². The second kappa shape index (κ2) is 20.2. The second-order valence-electron chi connectivity index (χ2n) is 21.9. The predicted molar refractivity (Wildman–Crippen MR) is 244 cm³/mol. The molecule has 336 valence electrons. The third-order valence-corrected chi connectivity index (χ3v) is 21.7. The first-order chi connectivity index (χ1) is 29.5. The third kappa shape index (κ3) is 10.0. The van der Waals surface area contributed by atoms with Gasteiger partial charge in [-0.25, -0.2) is 0 Å². The molecule has 7 atom stereocenters. The smallest absolute Gasteiger partial charge is 0.226 e. The van der Waals surface area contributed by atoms with E-state index in [4.69, 9.17) is 9.47 Å². The highest BCUT2D eigenvalue weighted by Crippen LogP contribution is 2.46. The van der Waals surface area contributed by atoms with Crippen LogP contribution in [0.2, 0.25) is 0 Å². The first-order valence-electron chi connectivity index (χ1n) is 25.9. The summed E-state index contributed by atoms with van der Waals surface area (Å²) < 4.78 is 13.2. The normalized spacial score (nSPS) is 44.7. The first kappa shape index (κ1) is 43.1. The molecule has 10 heteroatoms. The molecular weight excluding hydrogens is 785 g/mol. The van der Waals surface area contributed by atoms with Crippen LogP contribution in [0.1, 0.15) is 173 Å². The Kier molecular flexibility index (Phi) is 14.5. The molecule has 2 amide bonds. The van der Waals surface area contributed by atoms with Gasteiger partial charge in [-0.1, -0.05) is 53.3 Å². The Bertz CT molecular complexity index is 1470.